The quantitative estimate of drug-likeness (QED) is 0.293. The number of aromatic nitrogens is 3. The van der Waals surface area contributed by atoms with Gasteiger partial charge in [-0.2, -0.15) is 5.10 Å². The zero-order valence-electron chi connectivity index (χ0n) is 19.3. The molecule has 0 bridgehead atoms. The molecule has 33 heavy (non-hydrogen) atoms. The number of hydrogen-bond donors (Lipinski definition) is 1. The van der Waals surface area contributed by atoms with E-state index in [1.165, 1.54) is 12.1 Å². The van der Waals surface area contributed by atoms with Crippen LogP contribution in [0.15, 0.2) is 53.7 Å². The van der Waals surface area contributed by atoms with Crippen LogP contribution in [0.25, 0.3) is 5.82 Å². The summed E-state index contributed by atoms with van der Waals surface area (Å²) in [5.74, 6) is 1.35. The van der Waals surface area contributed by atoms with Crippen molar-refractivity contribution in [3.63, 3.8) is 0 Å². The predicted octanol–water partition coefficient (Wildman–Crippen LogP) is 4.18. The molecule has 0 amide bonds. The number of nitrogens with zero attached hydrogens (tertiary/aromatic N) is 5. The minimum Gasteiger partial charge on any atom is -0.367 e. The van der Waals surface area contributed by atoms with E-state index in [1.54, 1.807) is 19.2 Å². The van der Waals surface area contributed by atoms with Gasteiger partial charge in [-0.3, -0.25) is 4.99 Å². The Morgan fingerprint density at radius 1 is 1.18 bits per heavy atom. The van der Waals surface area contributed by atoms with Crippen molar-refractivity contribution in [1.82, 2.24) is 25.0 Å². The molecule has 2 atom stereocenters. The van der Waals surface area contributed by atoms with Crippen LogP contribution in [-0.4, -0.2) is 51.9 Å². The lowest BCUT2D eigenvalue weighted by Crippen LogP contribution is -2.50. The molecule has 1 aliphatic rings. The van der Waals surface area contributed by atoms with Crippen LogP contribution in [0.2, 0.25) is 0 Å². The fourth-order valence-electron chi connectivity index (χ4n) is 4.01. The van der Waals surface area contributed by atoms with Crippen molar-refractivity contribution >= 4 is 29.9 Å². The van der Waals surface area contributed by atoms with Crippen molar-refractivity contribution in [2.45, 2.75) is 39.5 Å². The monoisotopic (exact) mass is 564 g/mol. The number of aryl methyl sites for hydroxylation is 2. The van der Waals surface area contributed by atoms with Crippen LogP contribution in [0.1, 0.15) is 35.5 Å². The first-order valence-electron chi connectivity index (χ1n) is 10.8. The van der Waals surface area contributed by atoms with Gasteiger partial charge in [-0.05, 0) is 56.2 Å². The molecule has 2 unspecified atom stereocenters. The van der Waals surface area contributed by atoms with E-state index in [-0.39, 0.29) is 42.0 Å². The summed E-state index contributed by atoms with van der Waals surface area (Å²) in [5, 5.41) is 7.91. The summed E-state index contributed by atoms with van der Waals surface area (Å²) in [6, 6.07) is 12.5. The van der Waals surface area contributed by atoms with E-state index in [0.717, 1.165) is 40.8 Å². The van der Waals surface area contributed by atoms with Crippen molar-refractivity contribution in [3.05, 3.63) is 77.0 Å². The van der Waals surface area contributed by atoms with Gasteiger partial charge in [0, 0.05) is 32.0 Å². The highest BCUT2D eigenvalue weighted by atomic mass is 127. The van der Waals surface area contributed by atoms with Crippen LogP contribution in [0, 0.1) is 19.7 Å². The van der Waals surface area contributed by atoms with Gasteiger partial charge in [0.15, 0.2) is 11.8 Å². The molecule has 2 aromatic heterocycles. The number of aliphatic imine (C=N–C) groups is 1. The lowest BCUT2D eigenvalue weighted by atomic mass is 10.1. The molecule has 4 rings (SSSR count). The molecule has 3 aromatic rings. The number of ether oxygens (including phenoxy) is 1. The summed E-state index contributed by atoms with van der Waals surface area (Å²) in [6.45, 7) is 8.00. The lowest BCUT2D eigenvalue weighted by Gasteiger charge is -2.38. The van der Waals surface area contributed by atoms with E-state index in [0.29, 0.717) is 13.1 Å². The third-order valence-electron chi connectivity index (χ3n) is 5.50. The minimum absolute atomic E-state index is 0. The first-order chi connectivity index (χ1) is 15.4. The van der Waals surface area contributed by atoms with Gasteiger partial charge in [-0.25, -0.2) is 14.1 Å². The first kappa shape index (κ1) is 25.1. The largest absolute Gasteiger partial charge is 0.367 e. The number of rotatable bonds is 4. The highest BCUT2D eigenvalue weighted by Crippen LogP contribution is 2.25. The maximum Gasteiger partial charge on any atom is 0.194 e. The first-order valence-corrected chi connectivity index (χ1v) is 10.8. The second-order valence-corrected chi connectivity index (χ2v) is 8.16. The Hall–Kier alpha value is -2.53. The summed E-state index contributed by atoms with van der Waals surface area (Å²) in [7, 11) is 1.78. The Kier molecular flexibility index (Phi) is 8.41. The van der Waals surface area contributed by atoms with Gasteiger partial charge in [-0.1, -0.05) is 18.2 Å². The van der Waals surface area contributed by atoms with Crippen molar-refractivity contribution in [2.75, 3.05) is 20.1 Å². The molecule has 0 spiro atoms. The van der Waals surface area contributed by atoms with Gasteiger partial charge < -0.3 is 15.0 Å². The number of halogens is 2. The van der Waals surface area contributed by atoms with E-state index >= 15 is 0 Å². The second kappa shape index (κ2) is 11.1. The summed E-state index contributed by atoms with van der Waals surface area (Å²) < 4.78 is 21.2. The fourth-order valence-corrected chi connectivity index (χ4v) is 4.01. The Balaban J connectivity index is 0.00000306. The summed E-state index contributed by atoms with van der Waals surface area (Å²) in [6.07, 6.45) is 1.74. The van der Waals surface area contributed by atoms with E-state index in [2.05, 4.69) is 25.3 Å². The number of morpholine rings is 1. The van der Waals surface area contributed by atoms with Crippen LogP contribution in [-0.2, 0) is 11.3 Å². The molecule has 1 aromatic carbocycles. The number of benzene rings is 1. The third kappa shape index (κ3) is 6.08. The normalized spacial score (nSPS) is 18.7. The number of hydrogen-bond acceptors (Lipinski definition) is 4. The van der Waals surface area contributed by atoms with Crippen LogP contribution < -0.4 is 5.32 Å². The molecule has 0 saturated carbocycles. The highest BCUT2D eigenvalue weighted by Gasteiger charge is 2.28. The van der Waals surface area contributed by atoms with Crippen molar-refractivity contribution < 1.29 is 9.13 Å². The van der Waals surface area contributed by atoms with Crippen molar-refractivity contribution in [1.29, 1.82) is 0 Å². The fraction of sp³-hybridized carbons (Fsp3) is 0.375. The van der Waals surface area contributed by atoms with Gasteiger partial charge in [0.25, 0.3) is 0 Å². The van der Waals surface area contributed by atoms with Gasteiger partial charge >= 0.3 is 0 Å². The average molecular weight is 564 g/mol. The van der Waals surface area contributed by atoms with Crippen LogP contribution in [0.5, 0.6) is 0 Å². The topological polar surface area (TPSA) is 67.6 Å². The SMILES string of the molecule is CN=C(NCc1ccc(-n2nc(C)cc2C)nc1)N1CC(C)OC(c2ccc(F)cc2)C1.I. The van der Waals surface area contributed by atoms with Crippen molar-refractivity contribution in [2.24, 2.45) is 4.99 Å². The highest BCUT2D eigenvalue weighted by molar-refractivity contribution is 14.0. The molecular weight excluding hydrogens is 534 g/mol. The Labute approximate surface area is 211 Å². The van der Waals surface area contributed by atoms with Gasteiger partial charge in [0.2, 0.25) is 0 Å². The zero-order chi connectivity index (χ0) is 22.7. The summed E-state index contributed by atoms with van der Waals surface area (Å²) in [4.78, 5) is 11.2. The Morgan fingerprint density at radius 2 is 1.94 bits per heavy atom. The predicted molar refractivity (Wildman–Crippen MR) is 138 cm³/mol. The van der Waals surface area contributed by atoms with Crippen LogP contribution >= 0.6 is 24.0 Å². The molecule has 1 aliphatic heterocycles. The molecule has 1 saturated heterocycles. The molecule has 7 nitrogen and oxygen atoms in total. The molecule has 1 fully saturated rings. The van der Waals surface area contributed by atoms with Crippen LogP contribution in [0.4, 0.5) is 4.39 Å². The third-order valence-corrected chi connectivity index (χ3v) is 5.50. The molecule has 3 heterocycles. The maximum absolute atomic E-state index is 13.3. The molecule has 1 N–H and O–H groups in total. The standard InChI is InChI=1S/C24H29FN6O.HI/c1-16-11-17(2)31(29-16)23-10-5-19(12-27-23)13-28-24(26-4)30-14-18(3)32-22(15-30)20-6-8-21(25)9-7-20;/h5-12,18,22H,13-15H2,1-4H3,(H,26,28);1H. The minimum atomic E-state index is -0.246. The Bertz CT molecular complexity index is 1080. The molecule has 9 heteroatoms. The zero-order valence-corrected chi connectivity index (χ0v) is 21.7. The summed E-state index contributed by atoms with van der Waals surface area (Å²) >= 11 is 0. The van der Waals surface area contributed by atoms with Crippen molar-refractivity contribution in [3.8, 4) is 5.82 Å². The lowest BCUT2D eigenvalue weighted by molar-refractivity contribution is -0.0605. The smallest absolute Gasteiger partial charge is 0.194 e. The maximum atomic E-state index is 13.3. The average Bonchev–Trinajstić information content (AvgIpc) is 3.12. The Morgan fingerprint density at radius 3 is 2.55 bits per heavy atom. The van der Waals surface area contributed by atoms with E-state index in [1.807, 2.05) is 49.8 Å². The van der Waals surface area contributed by atoms with Gasteiger partial charge in [-0.15, -0.1) is 24.0 Å². The molecule has 176 valence electrons. The molecule has 0 radical (unpaired) electrons. The second-order valence-electron chi connectivity index (χ2n) is 8.16. The van der Waals surface area contributed by atoms with E-state index in [4.69, 9.17) is 4.74 Å². The number of guanidine groups is 1. The molecule has 0 aliphatic carbocycles. The summed E-state index contributed by atoms with van der Waals surface area (Å²) in [5.41, 5.74) is 4.03. The van der Waals surface area contributed by atoms with Gasteiger partial charge in [0.1, 0.15) is 11.9 Å². The van der Waals surface area contributed by atoms with E-state index in [9.17, 15) is 4.39 Å². The number of pyridine rings is 1. The van der Waals surface area contributed by atoms with Crippen LogP contribution in [0.3, 0.4) is 0 Å². The number of nitrogens with one attached hydrogen (secondary N) is 1. The van der Waals surface area contributed by atoms with Gasteiger partial charge in [0.05, 0.1) is 18.3 Å². The van der Waals surface area contributed by atoms with E-state index < -0.39 is 0 Å². The molecular formula is C24H30FIN6O.